The van der Waals surface area contributed by atoms with Gasteiger partial charge in [0, 0.05) is 0 Å². The van der Waals surface area contributed by atoms with Crippen LogP contribution in [0.5, 0.6) is 0 Å². The maximum Gasteiger partial charge on any atom is 0.235 e. The molecular weight excluding hydrogens is 323 g/mol. The van der Waals surface area contributed by atoms with Crippen LogP contribution in [0.4, 0.5) is 0 Å². The minimum atomic E-state index is 0.256. The molecule has 0 saturated carbocycles. The maximum absolute atomic E-state index is 2.38. The molecule has 0 nitrogen and oxygen atoms in total. The highest BCUT2D eigenvalue weighted by Gasteiger charge is 2.24. The van der Waals surface area contributed by atoms with Crippen molar-refractivity contribution in [3.05, 3.63) is 99.5 Å². The van der Waals surface area contributed by atoms with Crippen LogP contribution in [0.2, 0.25) is 0 Å². The smallest absolute Gasteiger partial charge is 0.105 e. The van der Waals surface area contributed by atoms with E-state index in [2.05, 4.69) is 108 Å². The first-order chi connectivity index (χ1) is 12.9. The summed E-state index contributed by atoms with van der Waals surface area (Å²) in [6, 6.07) is 19.8. The summed E-state index contributed by atoms with van der Waals surface area (Å²) in [5.74, 6) is 2.38. The average molecular weight is 352 g/mol. The van der Waals surface area contributed by atoms with Crippen LogP contribution in [0, 0.1) is 41.5 Å². The number of rotatable bonds is 4. The normalized spacial score (nSPS) is 11.2. The Hall–Kier alpha value is -2.54. The van der Waals surface area contributed by atoms with Crippen LogP contribution in [0.3, 0.4) is 0 Å². The second kappa shape index (κ2) is 8.00. The van der Waals surface area contributed by atoms with Crippen molar-refractivity contribution in [2.75, 3.05) is 0 Å². The van der Waals surface area contributed by atoms with Crippen molar-refractivity contribution in [2.45, 2.75) is 41.5 Å². The minimum Gasteiger partial charge on any atom is -0.105 e. The number of aryl methyl sites for hydroxylation is 6. The monoisotopic (exact) mass is 352 g/mol. The molecule has 0 aliphatic heterocycles. The lowest BCUT2D eigenvalue weighted by Gasteiger charge is -2.22. The average Bonchev–Trinajstić information content (AvgIpc) is 2.58. The van der Waals surface area contributed by atoms with Gasteiger partial charge in [-0.2, -0.15) is 0 Å². The predicted octanol–water partition coefficient (Wildman–Crippen LogP) is 5.40. The Morgan fingerprint density at radius 2 is 1.00 bits per heavy atom. The van der Waals surface area contributed by atoms with Crippen LogP contribution in [0.15, 0.2) is 60.6 Å². The molecule has 3 aromatic carbocycles. The van der Waals surface area contributed by atoms with Crippen molar-refractivity contribution in [1.29, 1.82) is 0 Å². The summed E-state index contributed by atoms with van der Waals surface area (Å²) in [5.41, 5.74) is 12.3. The molecule has 0 bridgehead atoms. The molecule has 3 rings (SSSR count). The lowest BCUT2D eigenvalue weighted by atomic mass is 9.37. The zero-order chi connectivity index (χ0) is 19.6. The molecule has 0 spiro atoms. The second-order valence-electron chi connectivity index (χ2n) is 7.87. The van der Waals surface area contributed by atoms with E-state index in [1.807, 2.05) is 0 Å². The first-order valence-electron chi connectivity index (χ1n) is 9.75. The van der Waals surface area contributed by atoms with Gasteiger partial charge >= 0.3 is 0 Å². The van der Waals surface area contributed by atoms with Crippen molar-refractivity contribution >= 4 is 23.7 Å². The van der Waals surface area contributed by atoms with Crippen LogP contribution in [0.25, 0.3) is 6.08 Å². The summed E-state index contributed by atoms with van der Waals surface area (Å²) in [6.07, 6.45) is 2.27. The molecule has 0 fully saturated rings. The fourth-order valence-corrected chi connectivity index (χ4v) is 4.47. The van der Waals surface area contributed by atoms with E-state index in [0.29, 0.717) is 0 Å². The fraction of sp³-hybridized carbons (Fsp3) is 0.231. The third kappa shape index (κ3) is 4.25. The molecule has 0 N–H and O–H groups in total. The number of benzene rings is 3. The van der Waals surface area contributed by atoms with Gasteiger partial charge in [-0.05, 0) is 47.1 Å². The van der Waals surface area contributed by atoms with Crippen LogP contribution in [-0.4, -0.2) is 6.71 Å². The highest BCUT2D eigenvalue weighted by atomic mass is 14.1. The van der Waals surface area contributed by atoms with E-state index < -0.39 is 0 Å². The molecule has 0 heterocycles. The molecule has 0 unspecified atom stereocenters. The van der Waals surface area contributed by atoms with Gasteiger partial charge < -0.3 is 0 Å². The Labute approximate surface area is 165 Å². The molecule has 0 radical (unpaired) electrons. The Morgan fingerprint density at radius 3 is 1.41 bits per heavy atom. The minimum absolute atomic E-state index is 0.256. The molecule has 0 aliphatic carbocycles. The van der Waals surface area contributed by atoms with E-state index in [4.69, 9.17) is 0 Å². The molecule has 0 aliphatic rings. The molecule has 0 atom stereocenters. The highest BCUT2D eigenvalue weighted by Crippen LogP contribution is 2.14. The van der Waals surface area contributed by atoms with Gasteiger partial charge in [0.05, 0.1) is 0 Å². The number of hydrogen-bond acceptors (Lipinski definition) is 0. The zero-order valence-electron chi connectivity index (χ0n) is 17.4. The van der Waals surface area contributed by atoms with Crippen LogP contribution in [-0.2, 0) is 0 Å². The van der Waals surface area contributed by atoms with Crippen LogP contribution >= 0.6 is 0 Å². The second-order valence-corrected chi connectivity index (χ2v) is 7.87. The topological polar surface area (TPSA) is 0 Å². The molecule has 3 aromatic rings. The molecule has 0 aromatic heterocycles. The van der Waals surface area contributed by atoms with Gasteiger partial charge in [0.2, 0.25) is 6.71 Å². The van der Waals surface area contributed by atoms with Crippen molar-refractivity contribution in [1.82, 2.24) is 0 Å². The van der Waals surface area contributed by atoms with E-state index in [9.17, 15) is 0 Å². The third-order valence-corrected chi connectivity index (χ3v) is 5.38. The highest BCUT2D eigenvalue weighted by molar-refractivity contribution is 6.90. The molecule has 27 heavy (non-hydrogen) atoms. The van der Waals surface area contributed by atoms with E-state index >= 15 is 0 Å². The third-order valence-electron chi connectivity index (χ3n) is 5.38. The summed E-state index contributed by atoms with van der Waals surface area (Å²) >= 11 is 0. The first-order valence-corrected chi connectivity index (χ1v) is 9.75. The van der Waals surface area contributed by atoms with Gasteiger partial charge in [-0.25, -0.2) is 0 Å². The van der Waals surface area contributed by atoms with Crippen LogP contribution < -0.4 is 10.9 Å². The predicted molar refractivity (Wildman–Crippen MR) is 122 cm³/mol. The first kappa shape index (κ1) is 19.2. The van der Waals surface area contributed by atoms with Crippen molar-refractivity contribution < 1.29 is 0 Å². The molecular formula is C26H29B. The Kier molecular flexibility index (Phi) is 5.70. The standard InChI is InChI=1S/C26H29B/c1-18-14-20(3)25(21(4)15-18)27(13-12-24-10-8-7-9-11-24)26-22(5)16-19(2)17-23(26)6/h7-17H,1-6H3. The summed E-state index contributed by atoms with van der Waals surface area (Å²) in [7, 11) is 0. The summed E-state index contributed by atoms with van der Waals surface area (Å²) in [4.78, 5) is 0. The quantitative estimate of drug-likeness (QED) is 0.552. The van der Waals surface area contributed by atoms with Gasteiger partial charge in [-0.15, -0.1) is 5.98 Å². The maximum atomic E-state index is 2.38. The SMILES string of the molecule is Cc1cc(C)c(B(C=Cc2ccccc2)c2c(C)cc(C)cc2C)c(C)c1. The summed E-state index contributed by atoms with van der Waals surface area (Å²) < 4.78 is 0. The fourth-order valence-electron chi connectivity index (χ4n) is 4.47. The van der Waals surface area contributed by atoms with E-state index in [-0.39, 0.29) is 6.71 Å². The zero-order valence-corrected chi connectivity index (χ0v) is 17.4. The lowest BCUT2D eigenvalue weighted by molar-refractivity contribution is 1.34. The summed E-state index contributed by atoms with van der Waals surface area (Å²) in [5, 5.41) is 0. The van der Waals surface area contributed by atoms with Gasteiger partial charge in [0.15, 0.2) is 0 Å². The summed E-state index contributed by atoms with van der Waals surface area (Å²) in [6.45, 7) is 13.6. The molecule has 1 heteroatoms. The lowest BCUT2D eigenvalue weighted by Crippen LogP contribution is -2.46. The van der Waals surface area contributed by atoms with E-state index in [1.54, 1.807) is 0 Å². The Balaban J connectivity index is 2.21. The van der Waals surface area contributed by atoms with Crippen molar-refractivity contribution in [3.63, 3.8) is 0 Å². The van der Waals surface area contributed by atoms with Crippen molar-refractivity contribution in [2.24, 2.45) is 0 Å². The Bertz CT molecular complexity index is 877. The van der Waals surface area contributed by atoms with Gasteiger partial charge in [0.1, 0.15) is 0 Å². The van der Waals surface area contributed by atoms with Crippen LogP contribution in [0.1, 0.15) is 38.9 Å². The number of hydrogen-bond donors (Lipinski definition) is 0. The van der Waals surface area contributed by atoms with Gasteiger partial charge in [-0.3, -0.25) is 0 Å². The van der Waals surface area contributed by atoms with Crippen molar-refractivity contribution in [3.8, 4) is 0 Å². The van der Waals surface area contributed by atoms with E-state index in [0.717, 1.165) is 0 Å². The molecule has 0 saturated heterocycles. The van der Waals surface area contributed by atoms with Gasteiger partial charge in [-0.1, -0.05) is 105 Å². The Morgan fingerprint density at radius 1 is 0.593 bits per heavy atom. The molecule has 136 valence electrons. The van der Waals surface area contributed by atoms with E-state index in [1.165, 1.54) is 49.9 Å². The largest absolute Gasteiger partial charge is 0.235 e. The van der Waals surface area contributed by atoms with Gasteiger partial charge in [0.25, 0.3) is 0 Å². The molecule has 0 amide bonds.